The van der Waals surface area contributed by atoms with Crippen LogP contribution in [0.3, 0.4) is 0 Å². The third kappa shape index (κ3) is 2.88. The van der Waals surface area contributed by atoms with Crippen LogP contribution in [0, 0.1) is 5.92 Å². The fraction of sp³-hybridized carbons (Fsp3) is 0.278. The van der Waals surface area contributed by atoms with Gasteiger partial charge in [-0.2, -0.15) is 9.67 Å². The molecule has 1 aliphatic carbocycles. The molecule has 10 heteroatoms. The minimum atomic E-state index is -0.250. The van der Waals surface area contributed by atoms with Crippen molar-refractivity contribution in [2.45, 2.75) is 25.3 Å². The second-order valence-electron chi connectivity index (χ2n) is 6.87. The Morgan fingerprint density at radius 2 is 2.04 bits per heavy atom. The quantitative estimate of drug-likeness (QED) is 0.543. The summed E-state index contributed by atoms with van der Waals surface area (Å²) in [5.74, 6) is 0.722. The molecule has 0 spiro atoms. The van der Waals surface area contributed by atoms with Crippen LogP contribution in [0.2, 0.25) is 0 Å². The fourth-order valence-corrected chi connectivity index (χ4v) is 3.57. The second kappa shape index (κ2) is 6.48. The molecule has 0 unspecified atom stereocenters. The fourth-order valence-electron chi connectivity index (χ4n) is 3.57. The summed E-state index contributed by atoms with van der Waals surface area (Å²) in [5, 5.41) is 11.6. The van der Waals surface area contributed by atoms with E-state index in [9.17, 15) is 4.79 Å². The summed E-state index contributed by atoms with van der Waals surface area (Å²) in [5.41, 5.74) is 8.10. The Labute approximate surface area is 159 Å². The predicted molar refractivity (Wildman–Crippen MR) is 101 cm³/mol. The van der Waals surface area contributed by atoms with Crippen molar-refractivity contribution in [3.8, 4) is 5.82 Å². The summed E-state index contributed by atoms with van der Waals surface area (Å²) in [6, 6.07) is 7.55. The highest BCUT2D eigenvalue weighted by molar-refractivity contribution is 5.77. The van der Waals surface area contributed by atoms with Gasteiger partial charge in [0.1, 0.15) is 0 Å². The lowest BCUT2D eigenvalue weighted by molar-refractivity contribution is -0.121. The summed E-state index contributed by atoms with van der Waals surface area (Å²) >= 11 is 0. The third-order valence-corrected chi connectivity index (χ3v) is 5.02. The van der Waals surface area contributed by atoms with Crippen LogP contribution in [-0.4, -0.2) is 46.9 Å². The number of pyridine rings is 2. The van der Waals surface area contributed by atoms with Gasteiger partial charge in [0.25, 0.3) is 0 Å². The number of hydrogen-bond donors (Lipinski definition) is 2. The van der Waals surface area contributed by atoms with Crippen molar-refractivity contribution in [2.75, 3.05) is 5.32 Å². The number of nitrogens with two attached hydrogens (primary N) is 1. The van der Waals surface area contributed by atoms with E-state index in [-0.39, 0.29) is 17.9 Å². The van der Waals surface area contributed by atoms with E-state index in [1.165, 1.54) is 0 Å². The van der Waals surface area contributed by atoms with Crippen LogP contribution in [0.25, 0.3) is 28.0 Å². The molecule has 0 aliphatic heterocycles. The summed E-state index contributed by atoms with van der Waals surface area (Å²) < 4.78 is 1.58. The number of rotatable bonds is 4. The van der Waals surface area contributed by atoms with Crippen LogP contribution in [0.1, 0.15) is 19.3 Å². The Bertz CT molecular complexity index is 1190. The van der Waals surface area contributed by atoms with Crippen molar-refractivity contribution < 1.29 is 4.79 Å². The number of carbonyl (C=O) groups is 1. The highest BCUT2D eigenvalue weighted by Crippen LogP contribution is 2.27. The number of hydrogen-bond acceptors (Lipinski definition) is 8. The van der Waals surface area contributed by atoms with Crippen LogP contribution in [0.15, 0.2) is 36.7 Å². The molecule has 0 bridgehead atoms. The lowest BCUT2D eigenvalue weighted by Gasteiger charge is -2.12. The number of nitrogens with zero attached hydrogens (tertiary/aromatic N) is 7. The Hall–Kier alpha value is -3.69. The summed E-state index contributed by atoms with van der Waals surface area (Å²) in [7, 11) is 0. The second-order valence-corrected chi connectivity index (χ2v) is 6.87. The molecule has 4 heterocycles. The average molecular weight is 375 g/mol. The Kier molecular flexibility index (Phi) is 3.81. The van der Waals surface area contributed by atoms with Crippen LogP contribution in [0.5, 0.6) is 0 Å². The molecule has 1 amide bonds. The van der Waals surface area contributed by atoms with E-state index in [2.05, 4.69) is 35.6 Å². The van der Waals surface area contributed by atoms with Crippen LogP contribution >= 0.6 is 0 Å². The highest BCUT2D eigenvalue weighted by atomic mass is 16.1. The molecule has 0 aromatic carbocycles. The van der Waals surface area contributed by atoms with Gasteiger partial charge in [-0.3, -0.25) is 9.78 Å². The van der Waals surface area contributed by atoms with Gasteiger partial charge in [0.2, 0.25) is 11.9 Å². The van der Waals surface area contributed by atoms with Crippen LogP contribution in [-0.2, 0) is 4.79 Å². The lowest BCUT2D eigenvalue weighted by atomic mass is 10.1. The predicted octanol–water partition coefficient (Wildman–Crippen LogP) is 1.22. The third-order valence-electron chi connectivity index (χ3n) is 5.02. The highest BCUT2D eigenvalue weighted by Gasteiger charge is 2.28. The van der Waals surface area contributed by atoms with Gasteiger partial charge in [-0.1, -0.05) is 5.21 Å². The standard InChI is InChI=1S/C18H17N9O/c19-16(28)10-3-4-11(8-10)22-18-21-9-14-17(24-18)27(26-25-14)15-6-5-12-13(23-15)2-1-7-20-12/h1-2,5-7,9-11H,3-4,8H2,(H2,19,28)(H,21,22,24)/t10-,11-/m1/s1. The number of amides is 1. The van der Waals surface area contributed by atoms with Gasteiger partial charge in [0.05, 0.1) is 17.2 Å². The molecule has 28 heavy (non-hydrogen) atoms. The van der Waals surface area contributed by atoms with Gasteiger partial charge in [-0.25, -0.2) is 9.97 Å². The molecular weight excluding hydrogens is 358 g/mol. The van der Waals surface area contributed by atoms with Gasteiger partial charge >= 0.3 is 0 Å². The maximum Gasteiger partial charge on any atom is 0.225 e. The first-order valence-corrected chi connectivity index (χ1v) is 9.04. The SMILES string of the molecule is NC(=O)[C@@H]1CC[C@@H](Nc2ncc3nnn(-c4ccc5ncccc5n4)c3n2)C1. The van der Waals surface area contributed by atoms with Gasteiger partial charge in [-0.15, -0.1) is 5.10 Å². The van der Waals surface area contributed by atoms with E-state index < -0.39 is 0 Å². The first-order valence-electron chi connectivity index (χ1n) is 9.04. The molecule has 0 radical (unpaired) electrons. The smallest absolute Gasteiger partial charge is 0.225 e. The average Bonchev–Trinajstić information content (AvgIpc) is 3.34. The van der Waals surface area contributed by atoms with Crippen molar-refractivity contribution in [1.29, 1.82) is 0 Å². The van der Waals surface area contributed by atoms with E-state index in [0.29, 0.717) is 29.4 Å². The molecule has 0 saturated heterocycles. The largest absolute Gasteiger partial charge is 0.369 e. The Balaban J connectivity index is 1.47. The van der Waals surface area contributed by atoms with E-state index in [4.69, 9.17) is 5.73 Å². The van der Waals surface area contributed by atoms with Crippen molar-refractivity contribution in [3.05, 3.63) is 36.7 Å². The maximum absolute atomic E-state index is 11.4. The molecule has 140 valence electrons. The topological polar surface area (TPSA) is 137 Å². The molecular formula is C18H17N9O. The molecule has 4 aromatic rings. The van der Waals surface area contributed by atoms with Gasteiger partial charge < -0.3 is 11.1 Å². The number of nitrogens with one attached hydrogen (secondary N) is 1. The van der Waals surface area contributed by atoms with Crippen molar-refractivity contribution >= 4 is 34.1 Å². The number of aromatic nitrogens is 7. The minimum Gasteiger partial charge on any atom is -0.369 e. The van der Waals surface area contributed by atoms with Crippen LogP contribution in [0.4, 0.5) is 5.95 Å². The molecule has 2 atom stereocenters. The summed E-state index contributed by atoms with van der Waals surface area (Å²) in [6.07, 6.45) is 5.67. The van der Waals surface area contributed by atoms with E-state index >= 15 is 0 Å². The van der Waals surface area contributed by atoms with E-state index in [0.717, 1.165) is 23.9 Å². The zero-order valence-electron chi connectivity index (χ0n) is 14.9. The molecule has 5 rings (SSSR count). The number of fused-ring (bicyclic) bond motifs is 2. The monoisotopic (exact) mass is 375 g/mol. The summed E-state index contributed by atoms with van der Waals surface area (Å²) in [6.45, 7) is 0. The summed E-state index contributed by atoms with van der Waals surface area (Å²) in [4.78, 5) is 29.1. The molecule has 3 N–H and O–H groups in total. The number of carbonyl (C=O) groups excluding carboxylic acids is 1. The molecule has 10 nitrogen and oxygen atoms in total. The van der Waals surface area contributed by atoms with Crippen LogP contribution < -0.4 is 11.1 Å². The van der Waals surface area contributed by atoms with Crippen molar-refractivity contribution in [3.63, 3.8) is 0 Å². The van der Waals surface area contributed by atoms with Crippen molar-refractivity contribution in [2.24, 2.45) is 11.7 Å². The Morgan fingerprint density at radius 3 is 2.89 bits per heavy atom. The van der Waals surface area contributed by atoms with E-state index in [1.807, 2.05) is 24.3 Å². The van der Waals surface area contributed by atoms with Crippen molar-refractivity contribution in [1.82, 2.24) is 34.9 Å². The maximum atomic E-state index is 11.4. The molecule has 1 aliphatic rings. The zero-order chi connectivity index (χ0) is 19.1. The van der Waals surface area contributed by atoms with Gasteiger partial charge in [0, 0.05) is 18.2 Å². The van der Waals surface area contributed by atoms with Gasteiger partial charge in [-0.05, 0) is 43.5 Å². The van der Waals surface area contributed by atoms with Gasteiger partial charge in [0.15, 0.2) is 17.0 Å². The lowest BCUT2D eigenvalue weighted by Crippen LogP contribution is -2.23. The number of primary amides is 1. The molecule has 1 saturated carbocycles. The first kappa shape index (κ1) is 16.5. The minimum absolute atomic E-state index is 0.0937. The molecule has 1 fully saturated rings. The van der Waals surface area contributed by atoms with E-state index in [1.54, 1.807) is 17.1 Å². The normalized spacial score (nSPS) is 19.3. The number of anilines is 1. The molecule has 4 aromatic heterocycles. The Morgan fingerprint density at radius 1 is 1.11 bits per heavy atom. The first-order chi connectivity index (χ1) is 13.7. The zero-order valence-corrected chi connectivity index (χ0v) is 14.9.